The highest BCUT2D eigenvalue weighted by molar-refractivity contribution is 5.94. The van der Waals surface area contributed by atoms with Gasteiger partial charge >= 0.3 is 0 Å². The summed E-state index contributed by atoms with van der Waals surface area (Å²) >= 11 is 0. The average Bonchev–Trinajstić information content (AvgIpc) is 2.47. The van der Waals surface area contributed by atoms with Crippen LogP contribution in [-0.2, 0) is 0 Å². The predicted molar refractivity (Wildman–Crippen MR) is 84.6 cm³/mol. The summed E-state index contributed by atoms with van der Waals surface area (Å²) in [4.78, 5) is 13.5. The number of rotatable bonds is 4. The molecule has 0 radical (unpaired) electrons. The number of carbonyl (C=O) groups is 1. The Labute approximate surface area is 125 Å². The molecule has 2 N–H and O–H groups in total. The molecule has 0 aliphatic heterocycles. The quantitative estimate of drug-likeness (QED) is 0.906. The third-order valence-electron chi connectivity index (χ3n) is 3.29. The topological polar surface area (TPSA) is 52.6 Å². The molecule has 2 rings (SSSR count). The summed E-state index contributed by atoms with van der Waals surface area (Å²) in [7, 11) is 3.48. The maximum absolute atomic E-state index is 12.0. The monoisotopic (exact) mass is 284 g/mol. The SMILES string of the molecule is CC(Nc1cccc(C(=O)N(C)C)c1)c1ccc(O)cc1. The Bertz CT molecular complexity index is 621. The van der Waals surface area contributed by atoms with Crippen molar-refractivity contribution in [3.63, 3.8) is 0 Å². The number of benzene rings is 2. The van der Waals surface area contributed by atoms with E-state index < -0.39 is 0 Å². The lowest BCUT2D eigenvalue weighted by atomic mass is 10.1. The summed E-state index contributed by atoms with van der Waals surface area (Å²) in [5, 5.41) is 12.7. The van der Waals surface area contributed by atoms with Crippen LogP contribution in [0, 0.1) is 0 Å². The lowest BCUT2D eigenvalue weighted by Gasteiger charge is -2.17. The van der Waals surface area contributed by atoms with Gasteiger partial charge in [-0.3, -0.25) is 4.79 Å². The maximum Gasteiger partial charge on any atom is 0.253 e. The van der Waals surface area contributed by atoms with Gasteiger partial charge in [-0.25, -0.2) is 0 Å². The van der Waals surface area contributed by atoms with Crippen molar-refractivity contribution in [3.05, 3.63) is 59.7 Å². The summed E-state index contributed by atoms with van der Waals surface area (Å²) < 4.78 is 0. The van der Waals surface area contributed by atoms with Gasteiger partial charge in [0.1, 0.15) is 5.75 Å². The van der Waals surface area contributed by atoms with Crippen molar-refractivity contribution < 1.29 is 9.90 Å². The summed E-state index contributed by atoms with van der Waals surface area (Å²) in [6, 6.07) is 14.6. The number of aromatic hydroxyl groups is 1. The van der Waals surface area contributed by atoms with Gasteiger partial charge in [0.25, 0.3) is 5.91 Å². The van der Waals surface area contributed by atoms with E-state index in [1.807, 2.05) is 37.3 Å². The van der Waals surface area contributed by atoms with Crippen LogP contribution in [0.25, 0.3) is 0 Å². The fourth-order valence-corrected chi connectivity index (χ4v) is 2.10. The third-order valence-corrected chi connectivity index (χ3v) is 3.29. The van der Waals surface area contributed by atoms with E-state index in [0.717, 1.165) is 11.3 Å². The van der Waals surface area contributed by atoms with Gasteiger partial charge in [-0.2, -0.15) is 0 Å². The first kappa shape index (κ1) is 14.9. The van der Waals surface area contributed by atoms with Crippen molar-refractivity contribution in [1.29, 1.82) is 0 Å². The molecule has 0 aromatic heterocycles. The summed E-state index contributed by atoms with van der Waals surface area (Å²) in [5.74, 6) is 0.237. The number of phenolic OH excluding ortho intramolecular Hbond substituents is 1. The molecular formula is C17H20N2O2. The standard InChI is InChI=1S/C17H20N2O2/c1-12(13-7-9-16(20)10-8-13)18-15-6-4-5-14(11-15)17(21)19(2)3/h4-12,18,20H,1-3H3. The molecule has 0 spiro atoms. The zero-order valence-corrected chi connectivity index (χ0v) is 12.5. The number of hydrogen-bond acceptors (Lipinski definition) is 3. The smallest absolute Gasteiger partial charge is 0.253 e. The molecule has 0 aliphatic rings. The van der Waals surface area contributed by atoms with Crippen molar-refractivity contribution in [2.75, 3.05) is 19.4 Å². The zero-order valence-electron chi connectivity index (χ0n) is 12.5. The number of phenols is 1. The number of carbonyl (C=O) groups excluding carboxylic acids is 1. The average molecular weight is 284 g/mol. The molecule has 4 nitrogen and oxygen atoms in total. The Kier molecular flexibility index (Phi) is 4.48. The molecule has 110 valence electrons. The lowest BCUT2D eigenvalue weighted by Crippen LogP contribution is -2.21. The van der Waals surface area contributed by atoms with Crippen LogP contribution in [0.4, 0.5) is 5.69 Å². The molecule has 1 atom stereocenters. The molecule has 21 heavy (non-hydrogen) atoms. The second-order valence-electron chi connectivity index (χ2n) is 5.24. The molecule has 1 unspecified atom stereocenters. The Morgan fingerprint density at radius 2 is 1.81 bits per heavy atom. The van der Waals surface area contributed by atoms with Crippen LogP contribution < -0.4 is 5.32 Å². The minimum absolute atomic E-state index is 0.0177. The van der Waals surface area contributed by atoms with Gasteiger partial charge in [-0.05, 0) is 42.8 Å². The molecule has 0 saturated heterocycles. The van der Waals surface area contributed by atoms with Crippen LogP contribution in [0.1, 0.15) is 28.9 Å². The third kappa shape index (κ3) is 3.75. The number of nitrogens with zero attached hydrogens (tertiary/aromatic N) is 1. The highest BCUT2D eigenvalue weighted by Crippen LogP contribution is 2.22. The highest BCUT2D eigenvalue weighted by Gasteiger charge is 2.10. The molecular weight excluding hydrogens is 264 g/mol. The van der Waals surface area contributed by atoms with Gasteiger partial charge in [0.05, 0.1) is 0 Å². The normalized spacial score (nSPS) is 11.8. The number of nitrogens with one attached hydrogen (secondary N) is 1. The van der Waals surface area contributed by atoms with E-state index in [1.165, 1.54) is 0 Å². The first-order valence-electron chi connectivity index (χ1n) is 6.84. The lowest BCUT2D eigenvalue weighted by molar-refractivity contribution is 0.0827. The van der Waals surface area contributed by atoms with Crippen LogP contribution in [-0.4, -0.2) is 30.0 Å². The molecule has 2 aromatic carbocycles. The van der Waals surface area contributed by atoms with E-state index in [1.54, 1.807) is 37.2 Å². The molecule has 0 fully saturated rings. The summed E-state index contributed by atoms with van der Waals surface area (Å²) in [6.07, 6.45) is 0. The Balaban J connectivity index is 2.14. The molecule has 0 saturated carbocycles. The van der Waals surface area contributed by atoms with Crippen molar-refractivity contribution in [1.82, 2.24) is 4.90 Å². The predicted octanol–water partition coefficient (Wildman–Crippen LogP) is 3.27. The molecule has 0 heterocycles. The first-order chi connectivity index (χ1) is 9.97. The largest absolute Gasteiger partial charge is 0.508 e. The second kappa shape index (κ2) is 6.31. The first-order valence-corrected chi connectivity index (χ1v) is 6.84. The molecule has 4 heteroatoms. The van der Waals surface area contributed by atoms with Crippen LogP contribution in [0.2, 0.25) is 0 Å². The molecule has 0 aliphatic carbocycles. The minimum Gasteiger partial charge on any atom is -0.508 e. The number of hydrogen-bond donors (Lipinski definition) is 2. The van der Waals surface area contributed by atoms with Crippen molar-refractivity contribution >= 4 is 11.6 Å². The molecule has 0 bridgehead atoms. The van der Waals surface area contributed by atoms with Crippen molar-refractivity contribution in [2.45, 2.75) is 13.0 Å². The highest BCUT2D eigenvalue weighted by atomic mass is 16.3. The van der Waals surface area contributed by atoms with E-state index in [0.29, 0.717) is 5.56 Å². The van der Waals surface area contributed by atoms with Crippen molar-refractivity contribution in [2.24, 2.45) is 0 Å². The van der Waals surface area contributed by atoms with Crippen LogP contribution >= 0.6 is 0 Å². The second-order valence-corrected chi connectivity index (χ2v) is 5.24. The van der Waals surface area contributed by atoms with Crippen LogP contribution in [0.5, 0.6) is 5.75 Å². The van der Waals surface area contributed by atoms with Gasteiger partial charge < -0.3 is 15.3 Å². The van der Waals surface area contributed by atoms with E-state index in [9.17, 15) is 9.90 Å². The molecule has 2 aromatic rings. The summed E-state index contributed by atoms with van der Waals surface area (Å²) in [6.45, 7) is 2.03. The van der Waals surface area contributed by atoms with Gasteiger partial charge in [-0.15, -0.1) is 0 Å². The number of anilines is 1. The van der Waals surface area contributed by atoms with Gasteiger partial charge in [0.15, 0.2) is 0 Å². The Morgan fingerprint density at radius 3 is 2.43 bits per heavy atom. The van der Waals surface area contributed by atoms with E-state index >= 15 is 0 Å². The van der Waals surface area contributed by atoms with Gasteiger partial charge in [-0.1, -0.05) is 18.2 Å². The van der Waals surface area contributed by atoms with Crippen LogP contribution in [0.3, 0.4) is 0 Å². The van der Waals surface area contributed by atoms with Crippen LogP contribution in [0.15, 0.2) is 48.5 Å². The minimum atomic E-state index is -0.0177. The number of amides is 1. The van der Waals surface area contributed by atoms with E-state index in [4.69, 9.17) is 0 Å². The van der Waals surface area contributed by atoms with Crippen molar-refractivity contribution in [3.8, 4) is 5.75 Å². The zero-order chi connectivity index (χ0) is 15.4. The Hall–Kier alpha value is -2.49. The summed E-state index contributed by atoms with van der Waals surface area (Å²) in [5.41, 5.74) is 2.61. The Morgan fingerprint density at radius 1 is 1.14 bits per heavy atom. The van der Waals surface area contributed by atoms with E-state index in [-0.39, 0.29) is 17.7 Å². The van der Waals surface area contributed by atoms with Gasteiger partial charge in [0, 0.05) is 31.4 Å². The fraction of sp³-hybridized carbons (Fsp3) is 0.235. The molecule has 1 amide bonds. The van der Waals surface area contributed by atoms with Gasteiger partial charge in [0.2, 0.25) is 0 Å². The van der Waals surface area contributed by atoms with E-state index in [2.05, 4.69) is 5.32 Å². The maximum atomic E-state index is 12.0. The fourth-order valence-electron chi connectivity index (χ4n) is 2.10.